The van der Waals surface area contributed by atoms with E-state index in [1.807, 2.05) is 6.92 Å². The van der Waals surface area contributed by atoms with Crippen molar-refractivity contribution in [3.8, 4) is 0 Å². The van der Waals surface area contributed by atoms with E-state index in [0.29, 0.717) is 11.3 Å². The Morgan fingerprint density at radius 3 is 2.11 bits per heavy atom. The van der Waals surface area contributed by atoms with Crippen LogP contribution in [0, 0.1) is 11.3 Å². The van der Waals surface area contributed by atoms with Crippen LogP contribution >= 0.6 is 0 Å². The summed E-state index contributed by atoms with van der Waals surface area (Å²) in [6.07, 6.45) is 3.21. The summed E-state index contributed by atoms with van der Waals surface area (Å²) < 4.78 is 10.1. The summed E-state index contributed by atoms with van der Waals surface area (Å²) in [4.78, 5) is 11.4. The Bertz CT molecular complexity index is 317. The van der Waals surface area contributed by atoms with E-state index in [0.717, 1.165) is 31.3 Å². The maximum Gasteiger partial charge on any atom is 0.508 e. The molecule has 0 aliphatic heterocycles. The number of carbonyl (C=O) groups is 1. The van der Waals surface area contributed by atoms with Gasteiger partial charge in [0.05, 0.1) is 7.11 Å². The lowest BCUT2D eigenvalue weighted by molar-refractivity contribution is -0.0420. The first-order valence-corrected chi connectivity index (χ1v) is 6.64. The molecule has 0 aromatic heterocycles. The summed E-state index contributed by atoms with van der Waals surface area (Å²) in [5.74, 6) is 0.672. The van der Waals surface area contributed by atoms with Gasteiger partial charge in [-0.25, -0.2) is 4.79 Å². The third kappa shape index (κ3) is 3.27. The Hall–Kier alpha value is -0.990. The molecule has 1 fully saturated rings. The molecule has 0 unspecified atom stereocenters. The molecule has 0 heterocycles. The highest BCUT2D eigenvalue weighted by Crippen LogP contribution is 2.45. The van der Waals surface area contributed by atoms with E-state index in [4.69, 9.17) is 4.74 Å². The van der Waals surface area contributed by atoms with E-state index < -0.39 is 11.8 Å². The maximum absolute atomic E-state index is 11.4. The molecule has 0 amide bonds. The second-order valence-electron chi connectivity index (χ2n) is 6.47. The number of carbonyl (C=O) groups excluding carboxylic acids is 1. The fraction of sp³-hybridized carbons (Fsp3) is 0.800. The van der Waals surface area contributed by atoms with Gasteiger partial charge in [0, 0.05) is 0 Å². The van der Waals surface area contributed by atoms with Gasteiger partial charge in [0.25, 0.3) is 0 Å². The zero-order valence-corrected chi connectivity index (χ0v) is 12.3. The molecule has 0 N–H and O–H groups in total. The van der Waals surface area contributed by atoms with Crippen LogP contribution in [-0.2, 0) is 9.47 Å². The standard InChI is InChI=1S/C15H26O3/c1-11(2)15(18-13(16)17-6)9-7-12(8-10-15)14(3,4)5/h12H,1,7-10H2,2-6H3. The molecule has 0 atom stereocenters. The monoisotopic (exact) mass is 254 g/mol. The normalized spacial score (nSPS) is 28.6. The highest BCUT2D eigenvalue weighted by Gasteiger charge is 2.42. The molecular weight excluding hydrogens is 228 g/mol. The van der Waals surface area contributed by atoms with Crippen LogP contribution in [0.4, 0.5) is 4.79 Å². The minimum atomic E-state index is -0.604. The molecule has 104 valence electrons. The first-order valence-electron chi connectivity index (χ1n) is 6.64. The number of hydrogen-bond donors (Lipinski definition) is 0. The molecule has 18 heavy (non-hydrogen) atoms. The van der Waals surface area contributed by atoms with Crippen molar-refractivity contribution >= 4 is 6.16 Å². The highest BCUT2D eigenvalue weighted by atomic mass is 16.7. The fourth-order valence-corrected chi connectivity index (χ4v) is 2.77. The lowest BCUT2D eigenvalue weighted by Gasteiger charge is -2.43. The summed E-state index contributed by atoms with van der Waals surface area (Å²) in [6, 6.07) is 0. The molecular formula is C15H26O3. The third-order valence-corrected chi connectivity index (χ3v) is 4.24. The minimum absolute atomic E-state index is 0.312. The van der Waals surface area contributed by atoms with Gasteiger partial charge in [-0.1, -0.05) is 27.4 Å². The molecule has 0 saturated heterocycles. The van der Waals surface area contributed by atoms with Gasteiger partial charge in [-0.05, 0) is 49.5 Å². The Kier molecular flexibility index (Phi) is 4.46. The largest absolute Gasteiger partial charge is 0.508 e. The minimum Gasteiger partial charge on any atom is -0.438 e. The van der Waals surface area contributed by atoms with Crippen LogP contribution in [0.2, 0.25) is 0 Å². The van der Waals surface area contributed by atoms with E-state index in [2.05, 4.69) is 32.1 Å². The molecule has 0 radical (unpaired) electrons. The van der Waals surface area contributed by atoms with Crippen LogP contribution in [-0.4, -0.2) is 18.9 Å². The average Bonchev–Trinajstić information content (AvgIpc) is 2.28. The summed E-state index contributed by atoms with van der Waals surface area (Å²) in [6.45, 7) is 12.7. The van der Waals surface area contributed by atoms with E-state index in [-0.39, 0.29) is 0 Å². The molecule has 1 aliphatic carbocycles. The smallest absolute Gasteiger partial charge is 0.438 e. The summed E-state index contributed by atoms with van der Waals surface area (Å²) in [7, 11) is 1.34. The van der Waals surface area contributed by atoms with Crippen molar-refractivity contribution in [1.82, 2.24) is 0 Å². The lowest BCUT2D eigenvalue weighted by Crippen LogP contribution is -2.42. The van der Waals surface area contributed by atoms with Gasteiger partial charge in [0.1, 0.15) is 5.60 Å². The molecule has 1 aliphatic rings. The molecule has 3 heteroatoms. The van der Waals surface area contributed by atoms with E-state index in [1.54, 1.807) is 0 Å². The number of ether oxygens (including phenoxy) is 2. The van der Waals surface area contributed by atoms with Crippen molar-refractivity contribution in [2.45, 2.75) is 59.0 Å². The van der Waals surface area contributed by atoms with Crippen molar-refractivity contribution in [3.63, 3.8) is 0 Å². The highest BCUT2D eigenvalue weighted by molar-refractivity contribution is 5.61. The topological polar surface area (TPSA) is 35.5 Å². The van der Waals surface area contributed by atoms with Crippen molar-refractivity contribution in [3.05, 3.63) is 12.2 Å². The molecule has 3 nitrogen and oxygen atoms in total. The van der Waals surface area contributed by atoms with Crippen molar-refractivity contribution in [1.29, 1.82) is 0 Å². The van der Waals surface area contributed by atoms with Crippen molar-refractivity contribution in [2.75, 3.05) is 7.11 Å². The number of rotatable bonds is 2. The van der Waals surface area contributed by atoms with Gasteiger partial charge < -0.3 is 9.47 Å². The molecule has 1 rings (SSSR count). The van der Waals surface area contributed by atoms with E-state index in [1.165, 1.54) is 7.11 Å². The van der Waals surface area contributed by atoms with Crippen LogP contribution < -0.4 is 0 Å². The van der Waals surface area contributed by atoms with Gasteiger partial charge in [-0.3, -0.25) is 0 Å². The predicted octanol–water partition coefficient (Wildman–Crippen LogP) is 4.32. The summed E-state index contributed by atoms with van der Waals surface area (Å²) >= 11 is 0. The van der Waals surface area contributed by atoms with Gasteiger partial charge >= 0.3 is 6.16 Å². The molecule has 0 bridgehead atoms. The van der Waals surface area contributed by atoms with Gasteiger partial charge in [0.15, 0.2) is 0 Å². The molecule has 1 saturated carbocycles. The Morgan fingerprint density at radius 2 is 1.78 bits per heavy atom. The first-order chi connectivity index (χ1) is 8.21. The van der Waals surface area contributed by atoms with Gasteiger partial charge in [0.2, 0.25) is 0 Å². The van der Waals surface area contributed by atoms with Crippen molar-refractivity contribution in [2.24, 2.45) is 11.3 Å². The number of hydrogen-bond acceptors (Lipinski definition) is 3. The zero-order chi connectivity index (χ0) is 14.0. The van der Waals surface area contributed by atoms with Crippen LogP contribution in [0.1, 0.15) is 53.4 Å². The zero-order valence-electron chi connectivity index (χ0n) is 12.3. The average molecular weight is 254 g/mol. The van der Waals surface area contributed by atoms with Crippen LogP contribution in [0.5, 0.6) is 0 Å². The molecule has 0 spiro atoms. The molecule has 0 aromatic carbocycles. The summed E-state index contributed by atoms with van der Waals surface area (Å²) in [5.41, 5.74) is 0.710. The van der Waals surface area contributed by atoms with E-state index in [9.17, 15) is 4.79 Å². The quantitative estimate of drug-likeness (QED) is 0.544. The Labute approximate surface area is 111 Å². The van der Waals surface area contributed by atoms with Gasteiger partial charge in [-0.2, -0.15) is 0 Å². The fourth-order valence-electron chi connectivity index (χ4n) is 2.77. The van der Waals surface area contributed by atoms with Gasteiger partial charge in [-0.15, -0.1) is 0 Å². The number of methoxy groups -OCH3 is 1. The Balaban J connectivity index is 2.75. The first kappa shape index (κ1) is 15.1. The SMILES string of the molecule is C=C(C)C1(OC(=O)OC)CCC(C(C)(C)C)CC1. The maximum atomic E-state index is 11.4. The van der Waals surface area contributed by atoms with Crippen LogP contribution in [0.15, 0.2) is 12.2 Å². The molecule has 0 aromatic rings. The van der Waals surface area contributed by atoms with E-state index >= 15 is 0 Å². The Morgan fingerprint density at radius 1 is 1.28 bits per heavy atom. The van der Waals surface area contributed by atoms with Crippen LogP contribution in [0.25, 0.3) is 0 Å². The second-order valence-corrected chi connectivity index (χ2v) is 6.47. The van der Waals surface area contributed by atoms with Crippen LogP contribution in [0.3, 0.4) is 0 Å². The predicted molar refractivity (Wildman–Crippen MR) is 72.4 cm³/mol. The summed E-state index contributed by atoms with van der Waals surface area (Å²) in [5, 5.41) is 0. The lowest BCUT2D eigenvalue weighted by atomic mass is 9.67. The second kappa shape index (κ2) is 5.33. The van der Waals surface area contributed by atoms with Crippen molar-refractivity contribution < 1.29 is 14.3 Å². The third-order valence-electron chi connectivity index (χ3n) is 4.24.